The summed E-state index contributed by atoms with van der Waals surface area (Å²) in [6, 6.07) is 0. The molecule has 0 aliphatic carbocycles. The number of aromatic nitrogens is 1. The molecule has 1 heterocycles. The van der Waals surface area contributed by atoms with E-state index in [-0.39, 0.29) is 0 Å². The van der Waals surface area contributed by atoms with Crippen LogP contribution < -0.4 is 0 Å². The van der Waals surface area contributed by atoms with E-state index in [0.717, 1.165) is 0 Å². The number of rotatable bonds is 2. The molecule has 84 valence electrons. The van der Waals surface area contributed by atoms with Crippen LogP contribution in [-0.4, -0.2) is 13.4 Å². The SMILES string of the molecule is O=S(=O)(Cl)c1ncc(F)c(C(F)F)c1Cl. The predicted octanol–water partition coefficient (Wildman–Crippen LogP) is 2.74. The molecule has 0 spiro atoms. The minimum atomic E-state index is -4.38. The summed E-state index contributed by atoms with van der Waals surface area (Å²) in [6.45, 7) is 0. The molecule has 15 heavy (non-hydrogen) atoms. The van der Waals surface area contributed by atoms with Gasteiger partial charge in [0.25, 0.3) is 15.5 Å². The molecule has 0 aliphatic rings. The maximum Gasteiger partial charge on any atom is 0.280 e. The Labute approximate surface area is 92.2 Å². The smallest absolute Gasteiger partial charge is 0.239 e. The van der Waals surface area contributed by atoms with Crippen LogP contribution in [0.25, 0.3) is 0 Å². The summed E-state index contributed by atoms with van der Waals surface area (Å²) in [5.74, 6) is -1.39. The molecular weight excluding hydrogens is 278 g/mol. The van der Waals surface area contributed by atoms with Gasteiger partial charge in [0.1, 0.15) is 0 Å². The third kappa shape index (κ3) is 2.53. The van der Waals surface area contributed by atoms with Crippen LogP contribution in [0.1, 0.15) is 12.0 Å². The topological polar surface area (TPSA) is 47.0 Å². The van der Waals surface area contributed by atoms with Crippen LogP contribution >= 0.6 is 22.3 Å². The standard InChI is InChI=1S/C6H2Cl2F3NO2S/c7-4-3(5(10)11)2(9)1-12-6(4)15(8,13)14/h1,5H. The van der Waals surface area contributed by atoms with Gasteiger partial charge in [-0.3, -0.25) is 0 Å². The van der Waals surface area contributed by atoms with Gasteiger partial charge in [0.2, 0.25) is 0 Å². The van der Waals surface area contributed by atoms with E-state index >= 15 is 0 Å². The maximum atomic E-state index is 12.8. The van der Waals surface area contributed by atoms with E-state index in [1.807, 2.05) is 0 Å². The van der Waals surface area contributed by atoms with Crippen molar-refractivity contribution in [1.29, 1.82) is 0 Å². The lowest BCUT2D eigenvalue weighted by Crippen LogP contribution is -2.02. The molecule has 0 saturated heterocycles. The number of halogens is 5. The molecule has 0 atom stereocenters. The fraction of sp³-hybridized carbons (Fsp3) is 0.167. The summed E-state index contributed by atoms with van der Waals surface area (Å²) in [5.41, 5.74) is -1.23. The molecule has 0 bridgehead atoms. The van der Waals surface area contributed by atoms with Gasteiger partial charge in [0.05, 0.1) is 16.8 Å². The Hall–Kier alpha value is -0.530. The lowest BCUT2D eigenvalue weighted by molar-refractivity contribution is 0.146. The van der Waals surface area contributed by atoms with E-state index in [4.69, 9.17) is 22.3 Å². The van der Waals surface area contributed by atoms with Gasteiger partial charge < -0.3 is 0 Å². The Morgan fingerprint density at radius 2 is 1.93 bits per heavy atom. The summed E-state index contributed by atoms with van der Waals surface area (Å²) in [5, 5.41) is -1.98. The van der Waals surface area contributed by atoms with Crippen molar-refractivity contribution in [2.45, 2.75) is 11.5 Å². The fourth-order valence-electron chi connectivity index (χ4n) is 0.832. The molecule has 0 unspecified atom stereocenters. The Balaban J connectivity index is 3.56. The first kappa shape index (κ1) is 12.5. The zero-order chi connectivity index (χ0) is 11.8. The molecular formula is C6H2Cl2F3NO2S. The number of hydrogen-bond donors (Lipinski definition) is 0. The molecule has 9 heteroatoms. The number of alkyl halides is 2. The second-order valence-electron chi connectivity index (χ2n) is 2.38. The molecule has 0 radical (unpaired) electrons. The highest BCUT2D eigenvalue weighted by Gasteiger charge is 2.26. The van der Waals surface area contributed by atoms with Crippen molar-refractivity contribution in [1.82, 2.24) is 4.98 Å². The minimum Gasteiger partial charge on any atom is -0.239 e. The lowest BCUT2D eigenvalue weighted by Gasteiger charge is -2.06. The van der Waals surface area contributed by atoms with Gasteiger partial charge in [-0.15, -0.1) is 0 Å². The Kier molecular flexibility index (Phi) is 3.47. The van der Waals surface area contributed by atoms with Crippen LogP contribution in [0.4, 0.5) is 13.2 Å². The highest BCUT2D eigenvalue weighted by Crippen LogP contribution is 2.33. The third-order valence-electron chi connectivity index (χ3n) is 1.43. The summed E-state index contributed by atoms with van der Waals surface area (Å²) >= 11 is 5.25. The van der Waals surface area contributed by atoms with Crippen molar-refractivity contribution >= 4 is 31.3 Å². The third-order valence-corrected chi connectivity index (χ3v) is 3.13. The normalized spacial score (nSPS) is 12.1. The van der Waals surface area contributed by atoms with E-state index < -0.39 is 36.9 Å². The van der Waals surface area contributed by atoms with Crippen LogP contribution in [-0.2, 0) is 9.05 Å². The molecule has 1 aromatic rings. The summed E-state index contributed by atoms with van der Waals surface area (Å²) in [7, 11) is 0.474. The first-order valence-corrected chi connectivity index (χ1v) is 6.00. The number of hydrogen-bond acceptors (Lipinski definition) is 3. The quantitative estimate of drug-likeness (QED) is 0.782. The molecule has 0 aliphatic heterocycles. The van der Waals surface area contributed by atoms with Crippen molar-refractivity contribution in [2.24, 2.45) is 0 Å². The highest BCUT2D eigenvalue weighted by atomic mass is 35.7. The lowest BCUT2D eigenvalue weighted by atomic mass is 10.3. The van der Waals surface area contributed by atoms with Crippen molar-refractivity contribution in [2.75, 3.05) is 0 Å². The van der Waals surface area contributed by atoms with Crippen LogP contribution in [0.5, 0.6) is 0 Å². The second kappa shape index (κ2) is 4.15. The second-order valence-corrected chi connectivity index (χ2v) is 5.24. The van der Waals surface area contributed by atoms with Crippen LogP contribution in [0, 0.1) is 5.82 Å². The Bertz CT molecular complexity index is 491. The average molecular weight is 280 g/mol. The summed E-state index contributed by atoms with van der Waals surface area (Å²) < 4.78 is 58.9. The van der Waals surface area contributed by atoms with E-state index in [9.17, 15) is 21.6 Å². The van der Waals surface area contributed by atoms with Gasteiger partial charge in [-0.1, -0.05) is 11.6 Å². The molecule has 3 nitrogen and oxygen atoms in total. The van der Waals surface area contributed by atoms with Gasteiger partial charge in [-0.2, -0.15) is 0 Å². The van der Waals surface area contributed by atoms with Gasteiger partial charge in [0, 0.05) is 10.7 Å². The van der Waals surface area contributed by atoms with Crippen LogP contribution in [0.2, 0.25) is 5.02 Å². The fourth-order valence-corrected chi connectivity index (χ4v) is 2.33. The highest BCUT2D eigenvalue weighted by molar-refractivity contribution is 8.13. The summed E-state index contributed by atoms with van der Waals surface area (Å²) in [4.78, 5) is 3.03. The van der Waals surface area contributed by atoms with Gasteiger partial charge in [-0.05, 0) is 0 Å². The number of nitrogens with zero attached hydrogens (tertiary/aromatic N) is 1. The van der Waals surface area contributed by atoms with Gasteiger partial charge >= 0.3 is 0 Å². The molecule has 0 aromatic carbocycles. The molecule has 0 fully saturated rings. The molecule has 0 amide bonds. The van der Waals surface area contributed by atoms with Gasteiger partial charge in [0.15, 0.2) is 10.8 Å². The minimum absolute atomic E-state index is 0.322. The monoisotopic (exact) mass is 279 g/mol. The maximum absolute atomic E-state index is 12.8. The Morgan fingerprint density at radius 1 is 1.40 bits per heavy atom. The van der Waals surface area contributed by atoms with E-state index in [2.05, 4.69) is 4.98 Å². The van der Waals surface area contributed by atoms with E-state index in [0.29, 0.717) is 6.20 Å². The molecule has 1 rings (SSSR count). The van der Waals surface area contributed by atoms with Crippen molar-refractivity contribution in [3.63, 3.8) is 0 Å². The molecule has 0 N–H and O–H groups in total. The molecule has 0 saturated carbocycles. The van der Waals surface area contributed by atoms with E-state index in [1.54, 1.807) is 0 Å². The predicted molar refractivity (Wildman–Crippen MR) is 47.2 cm³/mol. The van der Waals surface area contributed by atoms with E-state index in [1.165, 1.54) is 0 Å². The van der Waals surface area contributed by atoms with Crippen molar-refractivity contribution in [3.05, 3.63) is 22.6 Å². The first-order chi connectivity index (χ1) is 6.75. The Morgan fingerprint density at radius 3 is 2.33 bits per heavy atom. The van der Waals surface area contributed by atoms with Crippen molar-refractivity contribution in [3.8, 4) is 0 Å². The largest absolute Gasteiger partial charge is 0.280 e. The average Bonchev–Trinajstić information content (AvgIpc) is 2.00. The van der Waals surface area contributed by atoms with Crippen molar-refractivity contribution < 1.29 is 21.6 Å². The number of pyridine rings is 1. The summed E-state index contributed by atoms with van der Waals surface area (Å²) in [6.07, 6.45) is -2.93. The zero-order valence-electron chi connectivity index (χ0n) is 6.72. The zero-order valence-corrected chi connectivity index (χ0v) is 9.04. The molecule has 1 aromatic heterocycles. The first-order valence-electron chi connectivity index (χ1n) is 3.32. The van der Waals surface area contributed by atoms with Crippen LogP contribution in [0.3, 0.4) is 0 Å². The van der Waals surface area contributed by atoms with Crippen LogP contribution in [0.15, 0.2) is 11.2 Å². The van der Waals surface area contributed by atoms with Gasteiger partial charge in [-0.25, -0.2) is 26.6 Å².